The zero-order chi connectivity index (χ0) is 15.4. The van der Waals surface area contributed by atoms with Crippen molar-refractivity contribution in [2.24, 2.45) is 11.8 Å². The molecule has 122 valence electrons. The molecule has 1 aromatic heterocycles. The van der Waals surface area contributed by atoms with Gasteiger partial charge >= 0.3 is 0 Å². The summed E-state index contributed by atoms with van der Waals surface area (Å²) >= 11 is 3.09. The molecule has 0 saturated carbocycles. The Labute approximate surface area is 139 Å². The number of amides is 1. The average Bonchev–Trinajstić information content (AvgIpc) is 3.05. The fraction of sp³-hybridized carbons (Fsp3) is 0.733. The summed E-state index contributed by atoms with van der Waals surface area (Å²) in [7, 11) is 0. The van der Waals surface area contributed by atoms with Crippen LogP contribution in [0.4, 0.5) is 0 Å². The summed E-state index contributed by atoms with van der Waals surface area (Å²) in [5, 5.41) is 5.03. The van der Waals surface area contributed by atoms with Gasteiger partial charge in [0.15, 0.2) is 0 Å². The zero-order valence-electron chi connectivity index (χ0n) is 12.7. The number of aromatic nitrogens is 1. The van der Waals surface area contributed by atoms with Gasteiger partial charge in [0.1, 0.15) is 10.0 Å². The van der Waals surface area contributed by atoms with Crippen LogP contribution in [0.15, 0.2) is 9.72 Å². The monoisotopic (exact) mass is 342 g/mol. The lowest BCUT2D eigenvalue weighted by atomic mass is 9.79. The standard InChI is InChI=1S/C15H22N2O3S2/c1-21-15-17-13(9-22-15)14(18)16-12-4-7-20-8-11(12)10-2-5-19-6-3-10/h9-12H,2-8H2,1H3,(H,16,18)/t11-,12-/m1/s1. The second-order valence-electron chi connectivity index (χ2n) is 5.76. The van der Waals surface area contributed by atoms with E-state index in [4.69, 9.17) is 9.47 Å². The van der Waals surface area contributed by atoms with Crippen LogP contribution >= 0.6 is 23.1 Å². The highest BCUT2D eigenvalue weighted by Gasteiger charge is 2.34. The lowest BCUT2D eigenvalue weighted by Gasteiger charge is -2.38. The molecule has 0 aliphatic carbocycles. The van der Waals surface area contributed by atoms with Crippen LogP contribution in [0.25, 0.3) is 0 Å². The van der Waals surface area contributed by atoms with E-state index in [1.54, 1.807) is 11.8 Å². The second-order valence-corrected chi connectivity index (χ2v) is 7.67. The number of hydrogen-bond donors (Lipinski definition) is 1. The fourth-order valence-electron chi connectivity index (χ4n) is 3.25. The zero-order valence-corrected chi connectivity index (χ0v) is 14.4. The average molecular weight is 342 g/mol. The van der Waals surface area contributed by atoms with Gasteiger partial charge in [-0.1, -0.05) is 11.8 Å². The molecule has 2 atom stereocenters. The van der Waals surface area contributed by atoms with Crippen molar-refractivity contribution in [3.63, 3.8) is 0 Å². The van der Waals surface area contributed by atoms with Gasteiger partial charge in [-0.05, 0) is 31.4 Å². The summed E-state index contributed by atoms with van der Waals surface area (Å²) in [6.45, 7) is 3.11. The van der Waals surface area contributed by atoms with E-state index >= 15 is 0 Å². The molecule has 3 heterocycles. The van der Waals surface area contributed by atoms with Crippen molar-refractivity contribution in [3.8, 4) is 0 Å². The predicted octanol–water partition coefficient (Wildman–Crippen LogP) is 2.43. The summed E-state index contributed by atoms with van der Waals surface area (Å²) in [6.07, 6.45) is 4.98. The van der Waals surface area contributed by atoms with Crippen LogP contribution in [0.2, 0.25) is 0 Å². The third-order valence-electron chi connectivity index (χ3n) is 4.48. The lowest BCUT2D eigenvalue weighted by Crippen LogP contribution is -2.49. The number of nitrogens with one attached hydrogen (secondary N) is 1. The van der Waals surface area contributed by atoms with Crippen molar-refractivity contribution in [1.82, 2.24) is 10.3 Å². The van der Waals surface area contributed by atoms with Gasteiger partial charge in [0, 0.05) is 37.2 Å². The van der Waals surface area contributed by atoms with Crippen molar-refractivity contribution in [3.05, 3.63) is 11.1 Å². The maximum absolute atomic E-state index is 12.4. The lowest BCUT2D eigenvalue weighted by molar-refractivity contribution is -0.0259. The van der Waals surface area contributed by atoms with Gasteiger partial charge < -0.3 is 14.8 Å². The topological polar surface area (TPSA) is 60.5 Å². The van der Waals surface area contributed by atoms with E-state index in [1.165, 1.54) is 11.3 Å². The number of thiazole rings is 1. The summed E-state index contributed by atoms with van der Waals surface area (Å²) in [4.78, 5) is 16.8. The number of thioether (sulfide) groups is 1. The Balaban J connectivity index is 1.64. The van der Waals surface area contributed by atoms with Crippen LogP contribution in [-0.2, 0) is 9.47 Å². The number of rotatable bonds is 4. The molecule has 1 aromatic rings. The smallest absolute Gasteiger partial charge is 0.271 e. The Bertz CT molecular complexity index is 503. The number of ether oxygens (including phenoxy) is 2. The third-order valence-corrected chi connectivity index (χ3v) is 6.34. The minimum Gasteiger partial charge on any atom is -0.381 e. The number of carbonyl (C=O) groups excluding carboxylic acids is 1. The van der Waals surface area contributed by atoms with Crippen molar-refractivity contribution >= 4 is 29.0 Å². The van der Waals surface area contributed by atoms with Crippen molar-refractivity contribution in [2.45, 2.75) is 29.6 Å². The van der Waals surface area contributed by atoms with Crippen LogP contribution in [0.3, 0.4) is 0 Å². The molecule has 2 fully saturated rings. The first kappa shape index (κ1) is 16.2. The van der Waals surface area contributed by atoms with Crippen molar-refractivity contribution in [1.29, 1.82) is 0 Å². The number of nitrogens with zero attached hydrogens (tertiary/aromatic N) is 1. The highest BCUT2D eigenvalue weighted by Crippen LogP contribution is 2.30. The van der Waals surface area contributed by atoms with E-state index in [0.717, 1.165) is 50.0 Å². The van der Waals surface area contributed by atoms with E-state index in [9.17, 15) is 4.79 Å². The van der Waals surface area contributed by atoms with Crippen LogP contribution in [-0.4, -0.2) is 49.6 Å². The molecule has 0 unspecified atom stereocenters. The highest BCUT2D eigenvalue weighted by molar-refractivity contribution is 8.00. The molecule has 7 heteroatoms. The van der Waals surface area contributed by atoms with Gasteiger partial charge in [0.25, 0.3) is 5.91 Å². The van der Waals surface area contributed by atoms with Crippen LogP contribution in [0.1, 0.15) is 29.8 Å². The van der Waals surface area contributed by atoms with E-state index in [-0.39, 0.29) is 11.9 Å². The highest BCUT2D eigenvalue weighted by atomic mass is 32.2. The minimum absolute atomic E-state index is 0.0551. The molecule has 0 spiro atoms. The first-order valence-electron chi connectivity index (χ1n) is 7.74. The van der Waals surface area contributed by atoms with Gasteiger partial charge in [0.2, 0.25) is 0 Å². The van der Waals surface area contributed by atoms with Gasteiger partial charge in [0.05, 0.1) is 6.61 Å². The molecule has 0 radical (unpaired) electrons. The number of carbonyl (C=O) groups is 1. The molecule has 1 N–H and O–H groups in total. The van der Waals surface area contributed by atoms with Gasteiger partial charge in [-0.3, -0.25) is 4.79 Å². The molecule has 1 amide bonds. The molecule has 0 bridgehead atoms. The Morgan fingerprint density at radius 2 is 2.09 bits per heavy atom. The van der Waals surface area contributed by atoms with Gasteiger partial charge in [-0.2, -0.15) is 0 Å². The van der Waals surface area contributed by atoms with Gasteiger partial charge in [-0.15, -0.1) is 11.3 Å². The minimum atomic E-state index is -0.0551. The molecule has 2 aliphatic rings. The van der Waals surface area contributed by atoms with Crippen LogP contribution in [0, 0.1) is 11.8 Å². The second kappa shape index (κ2) is 7.77. The van der Waals surface area contributed by atoms with Crippen LogP contribution in [0.5, 0.6) is 0 Å². The first-order chi connectivity index (χ1) is 10.8. The Morgan fingerprint density at radius 3 is 2.82 bits per heavy atom. The molecule has 0 aromatic carbocycles. The fourth-order valence-corrected chi connectivity index (χ4v) is 4.49. The molecule has 3 rings (SSSR count). The molecule has 5 nitrogen and oxygen atoms in total. The summed E-state index contributed by atoms with van der Waals surface area (Å²) < 4.78 is 12.0. The largest absolute Gasteiger partial charge is 0.381 e. The molecular formula is C15H22N2O3S2. The van der Waals surface area contributed by atoms with E-state index < -0.39 is 0 Å². The van der Waals surface area contributed by atoms with E-state index in [1.807, 2.05) is 11.6 Å². The molecular weight excluding hydrogens is 320 g/mol. The van der Waals surface area contributed by atoms with Crippen molar-refractivity contribution < 1.29 is 14.3 Å². The Morgan fingerprint density at radius 1 is 1.32 bits per heavy atom. The normalized spacial score (nSPS) is 26.8. The SMILES string of the molecule is CSc1nc(C(=O)N[C@@H]2CCOC[C@@H]2C2CCOCC2)cs1. The van der Waals surface area contributed by atoms with E-state index in [2.05, 4.69) is 10.3 Å². The van der Waals surface area contributed by atoms with Crippen molar-refractivity contribution in [2.75, 3.05) is 32.7 Å². The first-order valence-corrected chi connectivity index (χ1v) is 9.84. The summed E-state index contributed by atoms with van der Waals surface area (Å²) in [6, 6.07) is 0.184. The molecule has 22 heavy (non-hydrogen) atoms. The quantitative estimate of drug-likeness (QED) is 0.852. The summed E-state index contributed by atoms with van der Waals surface area (Å²) in [5.74, 6) is 0.914. The maximum Gasteiger partial charge on any atom is 0.271 e. The Kier molecular flexibility index (Phi) is 5.73. The third kappa shape index (κ3) is 3.82. The Hall–Kier alpha value is -0.630. The van der Waals surface area contributed by atoms with Gasteiger partial charge in [-0.25, -0.2) is 4.98 Å². The van der Waals surface area contributed by atoms with Crippen LogP contribution < -0.4 is 5.32 Å². The maximum atomic E-state index is 12.4. The number of hydrogen-bond acceptors (Lipinski definition) is 6. The molecule has 2 aliphatic heterocycles. The molecule has 2 saturated heterocycles. The predicted molar refractivity (Wildman–Crippen MR) is 87.6 cm³/mol. The van der Waals surface area contributed by atoms with E-state index in [0.29, 0.717) is 17.5 Å². The summed E-state index contributed by atoms with van der Waals surface area (Å²) in [5.41, 5.74) is 0.534.